The molecule has 18 heavy (non-hydrogen) atoms. The van der Waals surface area contributed by atoms with Crippen LogP contribution in [0.5, 0.6) is 0 Å². The van der Waals surface area contributed by atoms with Crippen LogP contribution in [-0.4, -0.2) is 11.1 Å². The molecule has 0 saturated carbocycles. The molecule has 1 N–H and O–H groups in total. The molecule has 0 fully saturated rings. The van der Waals surface area contributed by atoms with E-state index >= 15 is 0 Å². The van der Waals surface area contributed by atoms with Crippen molar-refractivity contribution in [2.75, 3.05) is 0 Å². The van der Waals surface area contributed by atoms with Crippen LogP contribution in [0.3, 0.4) is 0 Å². The molecule has 0 saturated heterocycles. The maximum absolute atomic E-state index is 11.4. The predicted octanol–water partition coefficient (Wildman–Crippen LogP) is 4.21. The number of hydrogen-bond acceptors (Lipinski definition) is 1. The van der Waals surface area contributed by atoms with Crippen molar-refractivity contribution in [1.82, 2.24) is 0 Å². The second-order valence-corrected chi connectivity index (χ2v) is 4.69. The number of hydrogen-bond donors (Lipinski definition) is 1. The number of aliphatic carboxylic acids is 1. The van der Waals surface area contributed by atoms with Gasteiger partial charge in [0.15, 0.2) is 0 Å². The molecule has 2 aromatic rings. The molecule has 2 rings (SSSR count). The van der Waals surface area contributed by atoms with Gasteiger partial charge in [0.2, 0.25) is 0 Å². The first kappa shape index (κ1) is 12.9. The van der Waals surface area contributed by atoms with Crippen LogP contribution in [0.1, 0.15) is 17.0 Å². The van der Waals surface area contributed by atoms with E-state index in [0.717, 1.165) is 0 Å². The molecular weight excluding hydrogens is 271 g/mol. The fourth-order valence-corrected chi connectivity index (χ4v) is 2.35. The van der Waals surface area contributed by atoms with E-state index in [9.17, 15) is 9.90 Å². The van der Waals surface area contributed by atoms with Gasteiger partial charge < -0.3 is 5.11 Å². The minimum atomic E-state index is -0.939. The Kier molecular flexibility index (Phi) is 3.90. The number of halogens is 2. The van der Waals surface area contributed by atoms with Gasteiger partial charge in [0.25, 0.3) is 0 Å². The summed E-state index contributed by atoms with van der Waals surface area (Å²) in [5, 5.41) is 10.2. The topological polar surface area (TPSA) is 37.3 Å². The molecular formula is C14H10Cl2O2. The smallest absolute Gasteiger partial charge is 0.315 e. The van der Waals surface area contributed by atoms with Crippen molar-refractivity contribution in [1.29, 1.82) is 0 Å². The first-order valence-electron chi connectivity index (χ1n) is 5.32. The Labute approximate surface area is 115 Å². The monoisotopic (exact) mass is 280 g/mol. The van der Waals surface area contributed by atoms with Crippen LogP contribution in [-0.2, 0) is 4.79 Å². The largest absolute Gasteiger partial charge is 0.481 e. The number of benzene rings is 2. The van der Waals surface area contributed by atoms with Gasteiger partial charge in [-0.05, 0) is 23.3 Å². The van der Waals surface area contributed by atoms with E-state index in [-0.39, 0.29) is 0 Å². The minimum Gasteiger partial charge on any atom is -0.481 e. The highest BCUT2D eigenvalue weighted by atomic mass is 35.5. The second kappa shape index (κ2) is 5.42. The fourth-order valence-electron chi connectivity index (χ4n) is 1.84. The molecule has 0 radical (unpaired) electrons. The third-order valence-electron chi connectivity index (χ3n) is 2.65. The van der Waals surface area contributed by atoms with Crippen LogP contribution >= 0.6 is 23.2 Å². The highest BCUT2D eigenvalue weighted by Crippen LogP contribution is 2.32. The van der Waals surface area contributed by atoms with E-state index in [1.54, 1.807) is 42.5 Å². The van der Waals surface area contributed by atoms with E-state index in [2.05, 4.69) is 0 Å². The van der Waals surface area contributed by atoms with E-state index in [1.807, 2.05) is 6.07 Å². The molecule has 0 aliphatic carbocycles. The molecule has 4 heteroatoms. The van der Waals surface area contributed by atoms with Gasteiger partial charge >= 0.3 is 5.97 Å². The summed E-state index contributed by atoms with van der Waals surface area (Å²) in [7, 11) is 0. The fraction of sp³-hybridized carbons (Fsp3) is 0.0714. The Bertz CT molecular complexity index is 567. The standard InChI is InChI=1S/C14H10Cl2O2/c15-10-6-7-11(12(16)8-10)13(14(17)18)9-4-2-1-3-5-9/h1-8,13H,(H,17,18). The molecule has 0 spiro atoms. The van der Waals surface area contributed by atoms with Crippen molar-refractivity contribution in [2.24, 2.45) is 0 Å². The molecule has 0 heterocycles. The third-order valence-corrected chi connectivity index (χ3v) is 3.22. The number of carbonyl (C=O) groups is 1. The van der Waals surface area contributed by atoms with Crippen LogP contribution in [0.15, 0.2) is 48.5 Å². The second-order valence-electron chi connectivity index (χ2n) is 3.85. The summed E-state index contributed by atoms with van der Waals surface area (Å²) >= 11 is 11.9. The van der Waals surface area contributed by atoms with Gasteiger partial charge in [0, 0.05) is 10.0 Å². The van der Waals surface area contributed by atoms with Gasteiger partial charge in [-0.1, -0.05) is 59.6 Å². The summed E-state index contributed by atoms with van der Waals surface area (Å²) in [6.45, 7) is 0. The van der Waals surface area contributed by atoms with Gasteiger partial charge in [-0.3, -0.25) is 4.79 Å². The average molecular weight is 281 g/mol. The van der Waals surface area contributed by atoms with Crippen molar-refractivity contribution in [3.63, 3.8) is 0 Å². The summed E-state index contributed by atoms with van der Waals surface area (Å²) in [5.74, 6) is -1.72. The highest BCUT2D eigenvalue weighted by Gasteiger charge is 2.24. The molecule has 1 atom stereocenters. The van der Waals surface area contributed by atoms with Crippen LogP contribution in [0.2, 0.25) is 10.0 Å². The predicted molar refractivity (Wildman–Crippen MR) is 72.4 cm³/mol. The number of carboxylic acid groups (broad SMARTS) is 1. The van der Waals surface area contributed by atoms with E-state index < -0.39 is 11.9 Å². The van der Waals surface area contributed by atoms with Crippen LogP contribution in [0.25, 0.3) is 0 Å². The van der Waals surface area contributed by atoms with E-state index in [1.165, 1.54) is 0 Å². The zero-order valence-electron chi connectivity index (χ0n) is 9.31. The molecule has 1 unspecified atom stereocenters. The molecule has 92 valence electrons. The lowest BCUT2D eigenvalue weighted by molar-refractivity contribution is -0.137. The van der Waals surface area contributed by atoms with Crippen molar-refractivity contribution in [3.8, 4) is 0 Å². The first-order chi connectivity index (χ1) is 8.59. The molecule has 0 aromatic heterocycles. The molecule has 0 bridgehead atoms. The lowest BCUT2D eigenvalue weighted by Crippen LogP contribution is -2.13. The molecule has 0 aliphatic rings. The zero-order valence-corrected chi connectivity index (χ0v) is 10.8. The summed E-state index contributed by atoms with van der Waals surface area (Å²) in [4.78, 5) is 11.4. The lowest BCUT2D eigenvalue weighted by atomic mass is 9.91. The third kappa shape index (κ3) is 2.66. The highest BCUT2D eigenvalue weighted by molar-refractivity contribution is 6.35. The Hall–Kier alpha value is -1.51. The summed E-state index contributed by atoms with van der Waals surface area (Å²) in [5.41, 5.74) is 1.23. The maximum Gasteiger partial charge on any atom is 0.315 e. The molecule has 0 aliphatic heterocycles. The maximum atomic E-state index is 11.4. The van der Waals surface area contributed by atoms with E-state index in [0.29, 0.717) is 21.2 Å². The summed E-state index contributed by atoms with van der Waals surface area (Å²) < 4.78 is 0. The Morgan fingerprint density at radius 2 is 1.72 bits per heavy atom. The van der Waals surface area contributed by atoms with Gasteiger partial charge in [-0.15, -0.1) is 0 Å². The summed E-state index contributed by atoms with van der Waals surface area (Å²) in [6, 6.07) is 13.8. The molecule has 2 aromatic carbocycles. The quantitative estimate of drug-likeness (QED) is 0.915. The Morgan fingerprint density at radius 3 is 2.28 bits per heavy atom. The minimum absolute atomic E-state index is 0.360. The van der Waals surface area contributed by atoms with Gasteiger partial charge in [-0.2, -0.15) is 0 Å². The average Bonchev–Trinajstić information content (AvgIpc) is 2.33. The van der Waals surface area contributed by atoms with Crippen LogP contribution in [0.4, 0.5) is 0 Å². The normalized spacial score (nSPS) is 12.1. The zero-order chi connectivity index (χ0) is 13.1. The number of rotatable bonds is 3. The SMILES string of the molecule is O=C(O)C(c1ccccc1)c1ccc(Cl)cc1Cl. The van der Waals surface area contributed by atoms with Crippen molar-refractivity contribution in [2.45, 2.75) is 5.92 Å². The van der Waals surface area contributed by atoms with E-state index in [4.69, 9.17) is 23.2 Å². The number of carboxylic acids is 1. The molecule has 2 nitrogen and oxygen atoms in total. The van der Waals surface area contributed by atoms with Crippen molar-refractivity contribution < 1.29 is 9.90 Å². The van der Waals surface area contributed by atoms with Crippen molar-refractivity contribution >= 4 is 29.2 Å². The Morgan fingerprint density at radius 1 is 1.06 bits per heavy atom. The van der Waals surface area contributed by atoms with Crippen LogP contribution < -0.4 is 0 Å². The van der Waals surface area contributed by atoms with Crippen LogP contribution in [0, 0.1) is 0 Å². The van der Waals surface area contributed by atoms with Gasteiger partial charge in [0.1, 0.15) is 5.92 Å². The first-order valence-corrected chi connectivity index (χ1v) is 6.08. The lowest BCUT2D eigenvalue weighted by Gasteiger charge is -2.14. The van der Waals surface area contributed by atoms with Crippen molar-refractivity contribution in [3.05, 3.63) is 69.7 Å². The Balaban J connectivity index is 2.52. The molecule has 0 amide bonds. The summed E-state index contributed by atoms with van der Waals surface area (Å²) in [6.07, 6.45) is 0. The van der Waals surface area contributed by atoms with Gasteiger partial charge in [-0.25, -0.2) is 0 Å². The van der Waals surface area contributed by atoms with Gasteiger partial charge in [0.05, 0.1) is 0 Å².